The summed E-state index contributed by atoms with van der Waals surface area (Å²) in [5.41, 5.74) is 3.55. The summed E-state index contributed by atoms with van der Waals surface area (Å²) in [6, 6.07) is 17.4. The maximum absolute atomic E-state index is 10.7. The van der Waals surface area contributed by atoms with E-state index in [2.05, 4.69) is 5.16 Å². The van der Waals surface area contributed by atoms with Crippen molar-refractivity contribution in [3.05, 3.63) is 71.5 Å². The number of furan rings is 1. The summed E-state index contributed by atoms with van der Waals surface area (Å²) in [7, 11) is 0. The number of hydrogen-bond donors (Lipinski definition) is 1. The normalized spacial score (nSPS) is 20.9. The number of fused-ring (bicyclic) bond motifs is 1. The molecule has 0 radical (unpaired) electrons. The van der Waals surface area contributed by atoms with Gasteiger partial charge in [0, 0.05) is 5.39 Å². The van der Waals surface area contributed by atoms with E-state index >= 15 is 0 Å². The van der Waals surface area contributed by atoms with Gasteiger partial charge in [0.1, 0.15) is 5.58 Å². The minimum atomic E-state index is -1.54. The molecule has 0 spiro atoms. The van der Waals surface area contributed by atoms with E-state index < -0.39 is 5.79 Å². The van der Waals surface area contributed by atoms with Crippen LogP contribution in [-0.4, -0.2) is 10.8 Å². The summed E-state index contributed by atoms with van der Waals surface area (Å²) in [5, 5.41) is 15.7. The van der Waals surface area contributed by atoms with E-state index in [-0.39, 0.29) is 6.42 Å². The van der Waals surface area contributed by atoms with Crippen LogP contribution in [0.1, 0.15) is 23.3 Å². The van der Waals surface area contributed by atoms with Gasteiger partial charge in [0.15, 0.2) is 5.76 Å². The van der Waals surface area contributed by atoms with E-state index in [0.717, 1.165) is 16.5 Å². The van der Waals surface area contributed by atoms with Crippen LogP contribution in [0.4, 0.5) is 0 Å². The van der Waals surface area contributed by atoms with Gasteiger partial charge in [0.25, 0.3) is 5.79 Å². The van der Waals surface area contributed by atoms with Crippen LogP contribution >= 0.6 is 0 Å². The topological polar surface area (TPSA) is 55.0 Å². The van der Waals surface area contributed by atoms with Crippen LogP contribution in [0.25, 0.3) is 11.0 Å². The molecule has 4 heteroatoms. The Bertz CT molecular complexity index is 830. The van der Waals surface area contributed by atoms with E-state index in [1.165, 1.54) is 5.56 Å². The first kappa shape index (κ1) is 13.1. The first-order valence-electron chi connectivity index (χ1n) is 7.18. The lowest BCUT2D eigenvalue weighted by Gasteiger charge is -2.16. The highest BCUT2D eigenvalue weighted by Crippen LogP contribution is 2.36. The zero-order valence-corrected chi connectivity index (χ0v) is 12.1. The highest BCUT2D eigenvalue weighted by Gasteiger charge is 2.42. The Labute approximate surface area is 127 Å². The number of aliphatic hydroxyl groups is 1. The molecule has 0 bridgehead atoms. The Morgan fingerprint density at radius 1 is 1.09 bits per heavy atom. The van der Waals surface area contributed by atoms with Gasteiger partial charge in [-0.25, -0.2) is 0 Å². The first-order chi connectivity index (χ1) is 10.6. The third-order valence-corrected chi connectivity index (χ3v) is 3.91. The van der Waals surface area contributed by atoms with Crippen LogP contribution in [0.5, 0.6) is 0 Å². The fourth-order valence-corrected chi connectivity index (χ4v) is 2.63. The average Bonchev–Trinajstić information content (AvgIpc) is 3.13. The van der Waals surface area contributed by atoms with Crippen molar-refractivity contribution in [1.82, 2.24) is 0 Å². The van der Waals surface area contributed by atoms with Crippen LogP contribution in [0.2, 0.25) is 0 Å². The molecule has 2 aromatic carbocycles. The van der Waals surface area contributed by atoms with E-state index in [1.54, 1.807) is 6.07 Å². The lowest BCUT2D eigenvalue weighted by Crippen LogP contribution is -2.25. The zero-order valence-electron chi connectivity index (χ0n) is 12.1. The molecule has 0 unspecified atom stereocenters. The second-order valence-corrected chi connectivity index (χ2v) is 5.60. The largest absolute Gasteiger partial charge is 0.454 e. The Hall–Kier alpha value is -2.59. The number of para-hydroxylation sites is 1. The van der Waals surface area contributed by atoms with E-state index in [9.17, 15) is 5.11 Å². The monoisotopic (exact) mass is 293 g/mol. The summed E-state index contributed by atoms with van der Waals surface area (Å²) < 4.78 is 5.71. The highest BCUT2D eigenvalue weighted by atomic mass is 16.7. The molecule has 1 atom stereocenters. The van der Waals surface area contributed by atoms with Crippen LogP contribution in [0.15, 0.2) is 64.2 Å². The Morgan fingerprint density at radius 3 is 2.64 bits per heavy atom. The number of nitrogens with zero attached hydrogens (tertiary/aromatic N) is 1. The predicted molar refractivity (Wildman–Crippen MR) is 83.5 cm³/mol. The van der Waals surface area contributed by atoms with Gasteiger partial charge in [-0.1, -0.05) is 53.2 Å². The van der Waals surface area contributed by atoms with Crippen molar-refractivity contribution in [1.29, 1.82) is 0 Å². The number of rotatable bonds is 2. The second kappa shape index (κ2) is 4.71. The molecule has 1 aliphatic rings. The van der Waals surface area contributed by atoms with Crippen molar-refractivity contribution < 1.29 is 14.4 Å². The van der Waals surface area contributed by atoms with E-state index in [0.29, 0.717) is 11.5 Å². The summed E-state index contributed by atoms with van der Waals surface area (Å²) in [6.45, 7) is 2.03. The molecular formula is C18H15NO3. The van der Waals surface area contributed by atoms with Crippen molar-refractivity contribution in [2.45, 2.75) is 19.1 Å². The SMILES string of the molecule is Cc1ccc(C2=NO[C@@](O)(c3cc4ccccc4o3)C2)cc1. The number of oxime groups is 1. The summed E-state index contributed by atoms with van der Waals surface area (Å²) in [4.78, 5) is 5.30. The van der Waals surface area contributed by atoms with Gasteiger partial charge < -0.3 is 14.4 Å². The maximum Gasteiger partial charge on any atom is 0.298 e. The minimum absolute atomic E-state index is 0.260. The predicted octanol–water partition coefficient (Wildman–Crippen LogP) is 3.71. The summed E-state index contributed by atoms with van der Waals surface area (Å²) in [5.74, 6) is -1.17. The van der Waals surface area contributed by atoms with Gasteiger partial charge in [-0.2, -0.15) is 0 Å². The molecule has 1 aromatic heterocycles. The van der Waals surface area contributed by atoms with Gasteiger partial charge >= 0.3 is 0 Å². The van der Waals surface area contributed by atoms with Crippen molar-refractivity contribution in [3.63, 3.8) is 0 Å². The molecular weight excluding hydrogens is 278 g/mol. The molecule has 0 aliphatic carbocycles. The lowest BCUT2D eigenvalue weighted by molar-refractivity contribution is -0.204. The van der Waals surface area contributed by atoms with Gasteiger partial charge in [-0.15, -0.1) is 0 Å². The lowest BCUT2D eigenvalue weighted by atomic mass is 10.0. The van der Waals surface area contributed by atoms with Gasteiger partial charge in [-0.3, -0.25) is 0 Å². The summed E-state index contributed by atoms with van der Waals surface area (Å²) >= 11 is 0. The fraction of sp³-hybridized carbons (Fsp3) is 0.167. The molecule has 0 saturated heterocycles. The molecule has 1 aliphatic heterocycles. The van der Waals surface area contributed by atoms with Crippen molar-refractivity contribution >= 4 is 16.7 Å². The Balaban J connectivity index is 1.65. The molecule has 22 heavy (non-hydrogen) atoms. The molecule has 4 nitrogen and oxygen atoms in total. The molecule has 2 heterocycles. The van der Waals surface area contributed by atoms with E-state index in [4.69, 9.17) is 9.25 Å². The van der Waals surface area contributed by atoms with Crippen molar-refractivity contribution in [2.75, 3.05) is 0 Å². The third-order valence-electron chi connectivity index (χ3n) is 3.91. The smallest absolute Gasteiger partial charge is 0.298 e. The number of hydrogen-bond acceptors (Lipinski definition) is 4. The molecule has 4 rings (SSSR count). The molecule has 3 aromatic rings. The zero-order chi connectivity index (χ0) is 15.2. The molecule has 0 amide bonds. The van der Waals surface area contributed by atoms with Crippen LogP contribution in [0.3, 0.4) is 0 Å². The number of benzene rings is 2. The fourth-order valence-electron chi connectivity index (χ4n) is 2.63. The molecule has 1 N–H and O–H groups in total. The summed E-state index contributed by atoms with van der Waals surface area (Å²) in [6.07, 6.45) is 0.260. The van der Waals surface area contributed by atoms with Crippen molar-refractivity contribution in [3.8, 4) is 0 Å². The average molecular weight is 293 g/mol. The molecule has 0 fully saturated rings. The third kappa shape index (κ3) is 2.09. The van der Waals surface area contributed by atoms with Crippen molar-refractivity contribution in [2.24, 2.45) is 5.16 Å². The standard InChI is InChI=1S/C18H15NO3/c1-12-6-8-13(9-7-12)15-11-18(20,22-19-15)17-10-14-4-2-3-5-16(14)21-17/h2-10,20H,11H2,1H3/t18-/m1/s1. The van der Waals surface area contributed by atoms with Crippen LogP contribution in [0, 0.1) is 6.92 Å². The van der Waals surface area contributed by atoms with Gasteiger partial charge in [0.05, 0.1) is 12.1 Å². The molecule has 0 saturated carbocycles. The van der Waals surface area contributed by atoms with Crippen LogP contribution in [-0.2, 0) is 10.6 Å². The van der Waals surface area contributed by atoms with Gasteiger partial charge in [0.2, 0.25) is 0 Å². The Morgan fingerprint density at radius 2 is 1.86 bits per heavy atom. The Kier molecular flexibility index (Phi) is 2.81. The van der Waals surface area contributed by atoms with Crippen LogP contribution < -0.4 is 0 Å². The minimum Gasteiger partial charge on any atom is -0.454 e. The maximum atomic E-state index is 10.7. The number of aryl methyl sites for hydroxylation is 1. The first-order valence-corrected chi connectivity index (χ1v) is 7.18. The molecule has 110 valence electrons. The quantitative estimate of drug-likeness (QED) is 0.783. The second-order valence-electron chi connectivity index (χ2n) is 5.60. The highest BCUT2D eigenvalue weighted by molar-refractivity contribution is 6.01. The van der Waals surface area contributed by atoms with E-state index in [1.807, 2.05) is 55.5 Å². The van der Waals surface area contributed by atoms with Gasteiger partial charge in [-0.05, 0) is 24.6 Å².